The highest BCUT2D eigenvalue weighted by molar-refractivity contribution is 5.21. The molecule has 84 valence electrons. The Morgan fingerprint density at radius 3 is 2.60 bits per heavy atom. The van der Waals surface area contributed by atoms with Gasteiger partial charge in [0, 0.05) is 0 Å². The van der Waals surface area contributed by atoms with Crippen molar-refractivity contribution >= 4 is 0 Å². The topological polar surface area (TPSA) is 21.3 Å². The van der Waals surface area contributed by atoms with Crippen molar-refractivity contribution in [1.82, 2.24) is 5.32 Å². The van der Waals surface area contributed by atoms with Crippen molar-refractivity contribution in [3.05, 3.63) is 30.3 Å². The summed E-state index contributed by atoms with van der Waals surface area (Å²) < 4.78 is 5.68. The Bertz CT molecular complexity index is 248. The van der Waals surface area contributed by atoms with E-state index in [2.05, 4.69) is 12.2 Å². The number of nitrogens with one attached hydrogen (secondary N) is 1. The van der Waals surface area contributed by atoms with Crippen LogP contribution in [0, 0.1) is 0 Å². The third-order valence-corrected chi connectivity index (χ3v) is 2.27. The molecular weight excluding hydrogens is 186 g/mol. The second kappa shape index (κ2) is 7.30. The maximum Gasteiger partial charge on any atom is 0.147 e. The zero-order chi connectivity index (χ0) is 10.9. The summed E-state index contributed by atoms with van der Waals surface area (Å²) in [6.45, 7) is 5.28. The van der Waals surface area contributed by atoms with Crippen LogP contribution in [0.2, 0.25) is 0 Å². The van der Waals surface area contributed by atoms with Crippen LogP contribution in [-0.2, 0) is 0 Å². The molecule has 0 bridgehead atoms. The molecule has 2 heteroatoms. The van der Waals surface area contributed by atoms with E-state index in [1.54, 1.807) is 0 Å². The van der Waals surface area contributed by atoms with Crippen LogP contribution in [0.15, 0.2) is 30.3 Å². The van der Waals surface area contributed by atoms with Gasteiger partial charge in [0.05, 0.1) is 0 Å². The van der Waals surface area contributed by atoms with Gasteiger partial charge in [0.2, 0.25) is 0 Å². The Hall–Kier alpha value is -1.02. The fourth-order valence-corrected chi connectivity index (χ4v) is 1.43. The molecular formula is C13H21NO. The van der Waals surface area contributed by atoms with E-state index in [1.807, 2.05) is 37.3 Å². The third-order valence-electron chi connectivity index (χ3n) is 2.27. The predicted octanol–water partition coefficient (Wildman–Crippen LogP) is 3.19. The van der Waals surface area contributed by atoms with E-state index in [9.17, 15) is 0 Å². The van der Waals surface area contributed by atoms with Gasteiger partial charge in [-0.05, 0) is 32.0 Å². The van der Waals surface area contributed by atoms with Crippen LogP contribution in [0.3, 0.4) is 0 Å². The number of benzene rings is 1. The number of hydrogen-bond acceptors (Lipinski definition) is 2. The van der Waals surface area contributed by atoms with Crippen LogP contribution < -0.4 is 10.1 Å². The lowest BCUT2D eigenvalue weighted by atomic mass is 10.2. The molecule has 15 heavy (non-hydrogen) atoms. The number of para-hydroxylation sites is 1. The van der Waals surface area contributed by atoms with E-state index < -0.39 is 0 Å². The summed E-state index contributed by atoms with van der Waals surface area (Å²) in [6, 6.07) is 9.92. The molecule has 0 aliphatic carbocycles. The molecule has 0 fully saturated rings. The molecule has 1 rings (SSSR count). The zero-order valence-corrected chi connectivity index (χ0v) is 9.70. The standard InChI is InChI=1S/C13H21NO/c1-3-4-8-11-14-12(2)15-13-9-6-5-7-10-13/h5-7,9-10,12,14H,3-4,8,11H2,1-2H3. The minimum absolute atomic E-state index is 0.0873. The van der Waals surface area contributed by atoms with Gasteiger partial charge in [-0.3, -0.25) is 5.32 Å². The van der Waals surface area contributed by atoms with Gasteiger partial charge in [0.15, 0.2) is 0 Å². The molecule has 2 nitrogen and oxygen atoms in total. The second-order valence-electron chi connectivity index (χ2n) is 3.73. The van der Waals surface area contributed by atoms with Crippen LogP contribution in [0.4, 0.5) is 0 Å². The summed E-state index contributed by atoms with van der Waals surface area (Å²) in [5.74, 6) is 0.924. The molecule has 1 aromatic rings. The van der Waals surface area contributed by atoms with Crippen LogP contribution >= 0.6 is 0 Å². The molecule has 1 atom stereocenters. The third kappa shape index (κ3) is 5.43. The van der Waals surface area contributed by atoms with Gasteiger partial charge >= 0.3 is 0 Å². The quantitative estimate of drug-likeness (QED) is 0.547. The van der Waals surface area contributed by atoms with Crippen LogP contribution in [0.25, 0.3) is 0 Å². The fraction of sp³-hybridized carbons (Fsp3) is 0.538. The minimum atomic E-state index is 0.0873. The van der Waals surface area contributed by atoms with Crippen LogP contribution in [-0.4, -0.2) is 12.8 Å². The van der Waals surface area contributed by atoms with Gasteiger partial charge in [-0.2, -0.15) is 0 Å². The first kappa shape index (κ1) is 12.1. The molecule has 0 heterocycles. The van der Waals surface area contributed by atoms with E-state index >= 15 is 0 Å². The number of hydrogen-bond donors (Lipinski definition) is 1. The summed E-state index contributed by atoms with van der Waals surface area (Å²) in [4.78, 5) is 0. The zero-order valence-electron chi connectivity index (χ0n) is 9.70. The van der Waals surface area contributed by atoms with Crippen molar-refractivity contribution in [3.63, 3.8) is 0 Å². The first-order chi connectivity index (χ1) is 7.33. The van der Waals surface area contributed by atoms with E-state index in [4.69, 9.17) is 4.74 Å². The van der Waals surface area contributed by atoms with Crippen LogP contribution in [0.5, 0.6) is 5.75 Å². The Morgan fingerprint density at radius 2 is 1.93 bits per heavy atom. The summed E-state index contributed by atoms with van der Waals surface area (Å²) in [6.07, 6.45) is 3.85. The summed E-state index contributed by atoms with van der Waals surface area (Å²) >= 11 is 0. The molecule has 0 amide bonds. The molecule has 1 N–H and O–H groups in total. The SMILES string of the molecule is CCCCCNC(C)Oc1ccccc1. The first-order valence-corrected chi connectivity index (χ1v) is 5.78. The van der Waals surface area contributed by atoms with Crippen molar-refractivity contribution in [2.75, 3.05) is 6.54 Å². The van der Waals surface area contributed by atoms with Gasteiger partial charge in [-0.1, -0.05) is 38.0 Å². The number of rotatable bonds is 7. The first-order valence-electron chi connectivity index (χ1n) is 5.78. The lowest BCUT2D eigenvalue weighted by Crippen LogP contribution is -2.32. The normalized spacial score (nSPS) is 12.4. The van der Waals surface area contributed by atoms with Gasteiger partial charge in [0.25, 0.3) is 0 Å². The maximum absolute atomic E-state index is 5.68. The molecule has 1 aromatic carbocycles. The Kier molecular flexibility index (Phi) is 5.86. The Morgan fingerprint density at radius 1 is 1.20 bits per heavy atom. The summed E-state index contributed by atoms with van der Waals surface area (Å²) in [5.41, 5.74) is 0. The molecule has 0 radical (unpaired) electrons. The van der Waals surface area contributed by atoms with Gasteiger partial charge in [-0.25, -0.2) is 0 Å². The van der Waals surface area contributed by atoms with Gasteiger partial charge in [0.1, 0.15) is 12.0 Å². The Balaban J connectivity index is 2.16. The number of unbranched alkanes of at least 4 members (excludes halogenated alkanes) is 2. The van der Waals surface area contributed by atoms with Crippen molar-refractivity contribution in [2.45, 2.75) is 39.3 Å². The highest BCUT2D eigenvalue weighted by Gasteiger charge is 2.00. The van der Waals surface area contributed by atoms with Crippen molar-refractivity contribution < 1.29 is 4.74 Å². The molecule has 0 aliphatic heterocycles. The summed E-state index contributed by atoms with van der Waals surface area (Å²) in [5, 5.41) is 3.34. The molecule has 0 saturated heterocycles. The largest absolute Gasteiger partial charge is 0.476 e. The number of ether oxygens (including phenoxy) is 1. The summed E-state index contributed by atoms with van der Waals surface area (Å²) in [7, 11) is 0. The predicted molar refractivity (Wildman–Crippen MR) is 64.1 cm³/mol. The smallest absolute Gasteiger partial charge is 0.147 e. The lowest BCUT2D eigenvalue weighted by molar-refractivity contribution is 0.182. The average Bonchev–Trinajstić information content (AvgIpc) is 2.26. The van der Waals surface area contributed by atoms with E-state index in [1.165, 1.54) is 19.3 Å². The molecule has 0 spiro atoms. The highest BCUT2D eigenvalue weighted by atomic mass is 16.5. The van der Waals surface area contributed by atoms with Gasteiger partial charge in [-0.15, -0.1) is 0 Å². The average molecular weight is 207 g/mol. The Labute approximate surface area is 92.6 Å². The van der Waals surface area contributed by atoms with Crippen molar-refractivity contribution in [2.24, 2.45) is 0 Å². The lowest BCUT2D eigenvalue weighted by Gasteiger charge is -2.15. The molecule has 0 saturated carbocycles. The minimum Gasteiger partial charge on any atom is -0.476 e. The monoisotopic (exact) mass is 207 g/mol. The van der Waals surface area contributed by atoms with E-state index in [-0.39, 0.29) is 6.23 Å². The second-order valence-corrected chi connectivity index (χ2v) is 3.73. The fourth-order valence-electron chi connectivity index (χ4n) is 1.43. The van der Waals surface area contributed by atoms with Crippen molar-refractivity contribution in [3.8, 4) is 5.75 Å². The highest BCUT2D eigenvalue weighted by Crippen LogP contribution is 2.09. The van der Waals surface area contributed by atoms with Gasteiger partial charge < -0.3 is 4.74 Å². The molecule has 1 unspecified atom stereocenters. The molecule has 0 aliphatic rings. The maximum atomic E-state index is 5.68. The molecule has 0 aromatic heterocycles. The van der Waals surface area contributed by atoms with Crippen molar-refractivity contribution in [1.29, 1.82) is 0 Å². The van der Waals surface area contributed by atoms with E-state index in [0.29, 0.717) is 0 Å². The van der Waals surface area contributed by atoms with E-state index in [0.717, 1.165) is 12.3 Å². The van der Waals surface area contributed by atoms with Crippen LogP contribution in [0.1, 0.15) is 33.1 Å².